The molecule has 2 aliphatic heterocycles. The maximum Gasteiger partial charge on any atom is 0.416 e. The van der Waals surface area contributed by atoms with Gasteiger partial charge in [-0.2, -0.15) is 26.3 Å². The van der Waals surface area contributed by atoms with Gasteiger partial charge in [0.05, 0.1) is 11.1 Å². The molecule has 2 aromatic carbocycles. The Labute approximate surface area is 218 Å². The van der Waals surface area contributed by atoms with Crippen LogP contribution in [0.1, 0.15) is 57.8 Å². The summed E-state index contributed by atoms with van der Waals surface area (Å²) in [5, 5.41) is 0. The summed E-state index contributed by atoms with van der Waals surface area (Å²) in [5.74, 6) is -0.913. The quantitative estimate of drug-likeness (QED) is 0.459. The third kappa shape index (κ3) is 5.86. The molecule has 1 amide bonds. The number of piperazine rings is 1. The van der Waals surface area contributed by atoms with Crippen LogP contribution in [0.25, 0.3) is 0 Å². The molecule has 1 aliphatic carbocycles. The molecule has 10 heteroatoms. The average molecular weight is 540 g/mol. The van der Waals surface area contributed by atoms with Crippen LogP contribution in [0, 0.1) is 6.92 Å². The first-order chi connectivity index (χ1) is 17.9. The highest BCUT2D eigenvalue weighted by Crippen LogP contribution is 2.38. The lowest BCUT2D eigenvalue weighted by atomic mass is 9.84. The van der Waals surface area contributed by atoms with E-state index in [1.54, 1.807) is 0 Å². The Hall–Kier alpha value is -2.59. The molecule has 4 nitrogen and oxygen atoms in total. The monoisotopic (exact) mass is 539 g/mol. The van der Waals surface area contributed by atoms with Crippen LogP contribution >= 0.6 is 0 Å². The predicted molar refractivity (Wildman–Crippen MR) is 131 cm³/mol. The number of piperidine rings is 1. The number of carbonyl (C=O) groups is 1. The summed E-state index contributed by atoms with van der Waals surface area (Å²) in [6.07, 6.45) is -6.92. The highest BCUT2D eigenvalue weighted by molar-refractivity contribution is 5.95. The van der Waals surface area contributed by atoms with Crippen molar-refractivity contribution in [3.05, 3.63) is 70.3 Å². The number of likely N-dealkylation sites (tertiary alicyclic amines) is 1. The minimum absolute atomic E-state index is 0.0550. The molecule has 0 bridgehead atoms. The first kappa shape index (κ1) is 27.0. The zero-order valence-corrected chi connectivity index (χ0v) is 21.2. The fourth-order valence-electron chi connectivity index (χ4n) is 5.84. The third-order valence-electron chi connectivity index (χ3n) is 8.08. The van der Waals surface area contributed by atoms with Gasteiger partial charge in [-0.1, -0.05) is 29.8 Å². The predicted octanol–water partition coefficient (Wildman–Crippen LogP) is 5.81. The summed E-state index contributed by atoms with van der Waals surface area (Å²) >= 11 is 0. The van der Waals surface area contributed by atoms with E-state index in [0.29, 0.717) is 24.6 Å². The van der Waals surface area contributed by atoms with E-state index in [4.69, 9.17) is 0 Å². The van der Waals surface area contributed by atoms with Crippen LogP contribution in [0.2, 0.25) is 0 Å². The van der Waals surface area contributed by atoms with E-state index < -0.39 is 35.0 Å². The maximum absolute atomic E-state index is 13.4. The summed E-state index contributed by atoms with van der Waals surface area (Å²) in [5.41, 5.74) is -1.45. The van der Waals surface area contributed by atoms with Gasteiger partial charge >= 0.3 is 12.4 Å². The second kappa shape index (κ2) is 10.2. The number of alkyl halides is 6. The van der Waals surface area contributed by atoms with Crippen molar-refractivity contribution in [3.63, 3.8) is 0 Å². The number of benzene rings is 2. The van der Waals surface area contributed by atoms with Crippen molar-refractivity contribution >= 4 is 5.91 Å². The lowest BCUT2D eigenvalue weighted by Gasteiger charge is -2.47. The minimum Gasteiger partial charge on any atom is -0.338 e. The lowest BCUT2D eigenvalue weighted by molar-refractivity contribution is -0.143. The fraction of sp³-hybridized carbons (Fsp3) is 0.536. The minimum atomic E-state index is -5.00. The van der Waals surface area contributed by atoms with Gasteiger partial charge in [-0.25, -0.2) is 0 Å². The first-order valence-electron chi connectivity index (χ1n) is 13.0. The molecule has 1 saturated carbocycles. The van der Waals surface area contributed by atoms with Gasteiger partial charge in [-0.15, -0.1) is 0 Å². The number of rotatable bonds is 4. The average Bonchev–Trinajstić information content (AvgIpc) is 3.73. The van der Waals surface area contributed by atoms with Crippen LogP contribution in [0.3, 0.4) is 0 Å². The standard InChI is InChI=1S/C28H31F6N3O/c1-18-2-4-19(5-3-18)24-17-37(9-8-25(24)36-12-10-35(11-13-36)23-6-7-23)26(38)20-14-21(27(29,30)31)16-22(15-20)28(32,33)34/h2-5,14-16,23-25H,6-13,17H2,1H3. The molecule has 3 fully saturated rings. The van der Waals surface area contributed by atoms with Gasteiger partial charge in [-0.05, 0) is 49.9 Å². The number of hydrogen-bond acceptors (Lipinski definition) is 3. The highest BCUT2D eigenvalue weighted by Gasteiger charge is 2.41. The van der Waals surface area contributed by atoms with Crippen LogP contribution in [0.4, 0.5) is 26.3 Å². The topological polar surface area (TPSA) is 26.8 Å². The van der Waals surface area contributed by atoms with Gasteiger partial charge < -0.3 is 4.90 Å². The van der Waals surface area contributed by atoms with Crippen LogP contribution in [0.15, 0.2) is 42.5 Å². The Morgan fingerprint density at radius 3 is 1.84 bits per heavy atom. The van der Waals surface area contributed by atoms with E-state index in [2.05, 4.69) is 9.80 Å². The second-order valence-electron chi connectivity index (χ2n) is 10.7. The number of aryl methyl sites for hydroxylation is 1. The first-order valence-corrected chi connectivity index (χ1v) is 13.0. The van der Waals surface area contributed by atoms with E-state index >= 15 is 0 Å². The number of carbonyl (C=O) groups excluding carboxylic acids is 1. The van der Waals surface area contributed by atoms with Gasteiger partial charge in [0.1, 0.15) is 0 Å². The Bertz CT molecular complexity index is 1120. The Morgan fingerprint density at radius 1 is 0.763 bits per heavy atom. The van der Waals surface area contributed by atoms with Crippen molar-refractivity contribution in [2.75, 3.05) is 39.3 Å². The molecule has 2 heterocycles. The summed E-state index contributed by atoms with van der Waals surface area (Å²) in [7, 11) is 0. The van der Waals surface area contributed by atoms with Crippen molar-refractivity contribution in [2.24, 2.45) is 0 Å². The molecule has 2 unspecified atom stereocenters. The van der Waals surface area contributed by atoms with Crippen LogP contribution < -0.4 is 0 Å². The van der Waals surface area contributed by atoms with Gasteiger partial charge in [-0.3, -0.25) is 14.6 Å². The molecular formula is C28H31F6N3O. The van der Waals surface area contributed by atoms with E-state index in [-0.39, 0.29) is 31.1 Å². The van der Waals surface area contributed by atoms with Gasteiger partial charge in [0.15, 0.2) is 0 Å². The number of hydrogen-bond donors (Lipinski definition) is 0. The normalized spacial score (nSPS) is 24.0. The van der Waals surface area contributed by atoms with Gasteiger partial charge in [0, 0.05) is 62.8 Å². The molecule has 0 aromatic heterocycles. The van der Waals surface area contributed by atoms with Gasteiger partial charge in [0.2, 0.25) is 0 Å². The lowest BCUT2D eigenvalue weighted by Crippen LogP contribution is -2.56. The third-order valence-corrected chi connectivity index (χ3v) is 8.08. The maximum atomic E-state index is 13.4. The molecular weight excluding hydrogens is 508 g/mol. The van der Waals surface area contributed by atoms with Crippen molar-refractivity contribution in [1.82, 2.24) is 14.7 Å². The molecule has 0 spiro atoms. The summed E-state index contributed by atoms with van der Waals surface area (Å²) < 4.78 is 80.4. The fourth-order valence-corrected chi connectivity index (χ4v) is 5.84. The van der Waals surface area contributed by atoms with Crippen LogP contribution in [0.5, 0.6) is 0 Å². The molecule has 3 aliphatic rings. The molecule has 38 heavy (non-hydrogen) atoms. The zero-order valence-electron chi connectivity index (χ0n) is 21.2. The second-order valence-corrected chi connectivity index (χ2v) is 10.7. The number of nitrogens with zero attached hydrogens (tertiary/aromatic N) is 3. The SMILES string of the molecule is Cc1ccc(C2CN(C(=O)c3cc(C(F)(F)F)cc(C(F)(F)F)c3)CCC2N2CCN(C3CC3)CC2)cc1. The molecule has 2 aromatic rings. The van der Waals surface area contributed by atoms with Gasteiger partial charge in [0.25, 0.3) is 5.91 Å². The van der Waals surface area contributed by atoms with Crippen molar-refractivity contribution < 1.29 is 31.1 Å². The van der Waals surface area contributed by atoms with E-state index in [9.17, 15) is 31.1 Å². The number of amides is 1. The molecule has 2 atom stereocenters. The number of halogens is 6. The highest BCUT2D eigenvalue weighted by atomic mass is 19.4. The Morgan fingerprint density at radius 2 is 1.32 bits per heavy atom. The molecule has 2 saturated heterocycles. The Kier molecular flexibility index (Phi) is 7.24. The molecule has 5 rings (SSSR count). The smallest absolute Gasteiger partial charge is 0.338 e. The summed E-state index contributed by atoms with van der Waals surface area (Å²) in [6.45, 7) is 6.24. The zero-order chi connectivity index (χ0) is 27.2. The Balaban J connectivity index is 1.40. The molecule has 206 valence electrons. The largest absolute Gasteiger partial charge is 0.416 e. The molecule has 0 radical (unpaired) electrons. The van der Waals surface area contributed by atoms with Crippen molar-refractivity contribution in [1.29, 1.82) is 0 Å². The van der Waals surface area contributed by atoms with Crippen molar-refractivity contribution in [2.45, 2.75) is 56.5 Å². The van der Waals surface area contributed by atoms with E-state index in [0.717, 1.165) is 37.3 Å². The summed E-state index contributed by atoms with van der Waals surface area (Å²) in [4.78, 5) is 19.7. The van der Waals surface area contributed by atoms with E-state index in [1.165, 1.54) is 17.7 Å². The van der Waals surface area contributed by atoms with E-state index in [1.807, 2.05) is 31.2 Å². The molecule has 0 N–H and O–H groups in total. The summed E-state index contributed by atoms with van der Waals surface area (Å²) in [6, 6.07) is 9.93. The van der Waals surface area contributed by atoms with Crippen LogP contribution in [-0.2, 0) is 12.4 Å². The van der Waals surface area contributed by atoms with Crippen LogP contribution in [-0.4, -0.2) is 72.0 Å². The van der Waals surface area contributed by atoms with Crippen molar-refractivity contribution in [3.8, 4) is 0 Å².